The summed E-state index contributed by atoms with van der Waals surface area (Å²) in [4.78, 5) is 24.1. The van der Waals surface area contributed by atoms with E-state index in [0.717, 1.165) is 30.8 Å². The van der Waals surface area contributed by atoms with Gasteiger partial charge in [-0.1, -0.05) is 10.9 Å². The van der Waals surface area contributed by atoms with Crippen molar-refractivity contribution >= 4 is 38.4 Å². The maximum absolute atomic E-state index is 12.6. The van der Waals surface area contributed by atoms with Gasteiger partial charge in [-0.15, -0.1) is 5.10 Å². The summed E-state index contributed by atoms with van der Waals surface area (Å²) in [5.41, 5.74) is -0.122. The number of esters is 1. The van der Waals surface area contributed by atoms with Gasteiger partial charge in [0.15, 0.2) is 10.8 Å². The summed E-state index contributed by atoms with van der Waals surface area (Å²) in [6, 6.07) is 2.51. The van der Waals surface area contributed by atoms with E-state index in [2.05, 4.69) is 14.9 Å². The molecule has 0 spiro atoms. The first kappa shape index (κ1) is 19.5. The summed E-state index contributed by atoms with van der Waals surface area (Å²) in [7, 11) is -3.78. The molecule has 0 bridgehead atoms. The highest BCUT2D eigenvalue weighted by atomic mass is 32.2. The number of carbonyl (C=O) groups excluding carboxylic acids is 2. The van der Waals surface area contributed by atoms with Gasteiger partial charge < -0.3 is 14.5 Å². The number of furan rings is 1. The number of sulfonamides is 1. The normalized spacial score (nSPS) is 15.4. The number of nitrogens with one attached hydrogen (secondary N) is 1. The molecule has 0 aliphatic carbocycles. The van der Waals surface area contributed by atoms with Gasteiger partial charge in [-0.25, -0.2) is 13.2 Å². The molecule has 0 radical (unpaired) electrons. The number of carbonyl (C=O) groups is 2. The highest BCUT2D eigenvalue weighted by Gasteiger charge is 2.30. The van der Waals surface area contributed by atoms with Crippen LogP contribution in [-0.2, 0) is 14.8 Å². The molecule has 1 N–H and O–H groups in total. The molecule has 1 aliphatic heterocycles. The van der Waals surface area contributed by atoms with Gasteiger partial charge in [0.1, 0.15) is 0 Å². The predicted octanol–water partition coefficient (Wildman–Crippen LogP) is 1.73. The van der Waals surface area contributed by atoms with Gasteiger partial charge in [0.25, 0.3) is 15.9 Å². The predicted molar refractivity (Wildman–Crippen MR) is 95.1 cm³/mol. The fraction of sp³-hybridized carbons (Fsp3) is 0.467. The Morgan fingerprint density at radius 2 is 2.04 bits per heavy atom. The number of anilines is 1. The monoisotopic (exact) mass is 414 g/mol. The molecular formula is C15H18N4O6S2. The number of amides is 1. The quantitative estimate of drug-likeness (QED) is 0.707. The molecular weight excluding hydrogens is 396 g/mol. The Morgan fingerprint density at radius 1 is 1.30 bits per heavy atom. The number of rotatable bonds is 6. The van der Waals surface area contributed by atoms with Crippen LogP contribution in [0.15, 0.2) is 21.6 Å². The van der Waals surface area contributed by atoms with Crippen molar-refractivity contribution in [2.75, 3.05) is 25.0 Å². The van der Waals surface area contributed by atoms with E-state index in [-0.39, 0.29) is 28.2 Å². The second kappa shape index (κ2) is 8.15. The molecule has 3 rings (SSSR count). The first-order valence-electron chi connectivity index (χ1n) is 8.34. The third-order valence-electron chi connectivity index (χ3n) is 3.90. The molecule has 27 heavy (non-hydrogen) atoms. The fourth-order valence-electron chi connectivity index (χ4n) is 2.58. The number of aromatic nitrogens is 2. The third-order valence-corrected chi connectivity index (χ3v) is 6.31. The third kappa shape index (κ3) is 4.17. The molecule has 2 aromatic rings. The SMILES string of the molecule is CCOC(=O)c1nnsc1NC(=O)c1ccc(S(=O)(=O)N2CCCCC2)o1. The van der Waals surface area contributed by atoms with E-state index in [1.165, 1.54) is 16.4 Å². The maximum atomic E-state index is 12.6. The number of hydrogen-bond acceptors (Lipinski definition) is 9. The van der Waals surface area contributed by atoms with E-state index < -0.39 is 21.9 Å². The maximum Gasteiger partial charge on any atom is 0.362 e. The van der Waals surface area contributed by atoms with Gasteiger partial charge >= 0.3 is 5.97 Å². The largest absolute Gasteiger partial charge is 0.461 e. The molecule has 10 nitrogen and oxygen atoms in total. The van der Waals surface area contributed by atoms with Crippen molar-refractivity contribution in [1.82, 2.24) is 13.9 Å². The summed E-state index contributed by atoms with van der Waals surface area (Å²) in [6.45, 7) is 2.66. The van der Waals surface area contributed by atoms with Gasteiger partial charge in [-0.3, -0.25) is 4.79 Å². The molecule has 1 aliphatic rings. The average molecular weight is 414 g/mol. The zero-order chi connectivity index (χ0) is 19.4. The highest BCUT2D eigenvalue weighted by molar-refractivity contribution is 7.89. The van der Waals surface area contributed by atoms with Crippen molar-refractivity contribution in [3.63, 3.8) is 0 Å². The Morgan fingerprint density at radius 3 is 2.74 bits per heavy atom. The Labute approximate surface area is 159 Å². The van der Waals surface area contributed by atoms with Gasteiger partial charge in [0, 0.05) is 24.6 Å². The summed E-state index contributed by atoms with van der Waals surface area (Å²) >= 11 is 0.800. The number of ether oxygens (including phenoxy) is 1. The number of hydrogen-bond donors (Lipinski definition) is 1. The zero-order valence-electron chi connectivity index (χ0n) is 14.5. The molecule has 1 amide bonds. The lowest BCUT2D eigenvalue weighted by Crippen LogP contribution is -2.35. The Hall–Kier alpha value is -2.31. The minimum Gasteiger partial charge on any atom is -0.461 e. The van der Waals surface area contributed by atoms with E-state index in [9.17, 15) is 18.0 Å². The van der Waals surface area contributed by atoms with Crippen molar-refractivity contribution in [2.24, 2.45) is 0 Å². The van der Waals surface area contributed by atoms with Crippen LogP contribution in [-0.4, -0.2) is 53.9 Å². The van der Waals surface area contributed by atoms with Crippen LogP contribution in [0.1, 0.15) is 47.2 Å². The molecule has 0 unspecified atom stereocenters. The number of nitrogens with zero attached hydrogens (tertiary/aromatic N) is 3. The first-order valence-corrected chi connectivity index (χ1v) is 10.6. The lowest BCUT2D eigenvalue weighted by Gasteiger charge is -2.24. The molecule has 0 aromatic carbocycles. The summed E-state index contributed by atoms with van der Waals surface area (Å²) in [5.74, 6) is -1.63. The topological polar surface area (TPSA) is 132 Å². The zero-order valence-corrected chi connectivity index (χ0v) is 16.1. The van der Waals surface area contributed by atoms with E-state index in [4.69, 9.17) is 9.15 Å². The first-order chi connectivity index (χ1) is 12.9. The van der Waals surface area contributed by atoms with Gasteiger partial charge in [-0.05, 0) is 31.9 Å². The average Bonchev–Trinajstić information content (AvgIpc) is 3.32. The summed E-state index contributed by atoms with van der Waals surface area (Å²) in [5, 5.41) is 5.88. The van der Waals surface area contributed by atoms with E-state index in [1.54, 1.807) is 6.92 Å². The molecule has 3 heterocycles. The second-order valence-electron chi connectivity index (χ2n) is 5.71. The highest BCUT2D eigenvalue weighted by Crippen LogP contribution is 2.24. The number of piperidine rings is 1. The van der Waals surface area contributed by atoms with Crippen molar-refractivity contribution in [1.29, 1.82) is 0 Å². The van der Waals surface area contributed by atoms with Gasteiger partial charge in [0.2, 0.25) is 10.8 Å². The second-order valence-corrected chi connectivity index (χ2v) is 8.33. The van der Waals surface area contributed by atoms with E-state index in [1.807, 2.05) is 0 Å². The van der Waals surface area contributed by atoms with Crippen molar-refractivity contribution in [3.8, 4) is 0 Å². The minimum atomic E-state index is -3.78. The fourth-order valence-corrected chi connectivity index (χ4v) is 4.57. The van der Waals surface area contributed by atoms with Gasteiger partial charge in [0.05, 0.1) is 6.61 Å². The molecule has 0 saturated carbocycles. The standard InChI is InChI=1S/C15H18N4O6S2/c1-2-24-15(21)12-14(26-18-17-12)16-13(20)10-6-7-11(25-10)27(22,23)19-8-4-3-5-9-19/h6-7H,2-5,8-9H2,1H3,(H,16,20). The Balaban J connectivity index is 1.74. The molecule has 0 atom stereocenters. The van der Waals surface area contributed by atoms with Crippen LogP contribution in [0.5, 0.6) is 0 Å². The molecule has 1 saturated heterocycles. The summed E-state index contributed by atoms with van der Waals surface area (Å²) < 4.78 is 40.2. The van der Waals surface area contributed by atoms with Crippen LogP contribution in [0, 0.1) is 0 Å². The van der Waals surface area contributed by atoms with Crippen LogP contribution < -0.4 is 5.32 Å². The molecule has 2 aromatic heterocycles. The smallest absolute Gasteiger partial charge is 0.362 e. The minimum absolute atomic E-state index is 0.0929. The van der Waals surface area contributed by atoms with Crippen LogP contribution in [0.4, 0.5) is 5.00 Å². The van der Waals surface area contributed by atoms with E-state index >= 15 is 0 Å². The van der Waals surface area contributed by atoms with Crippen molar-refractivity contribution in [2.45, 2.75) is 31.3 Å². The van der Waals surface area contributed by atoms with E-state index in [0.29, 0.717) is 13.1 Å². The van der Waals surface area contributed by atoms with Crippen LogP contribution in [0.2, 0.25) is 0 Å². The molecule has 12 heteroatoms. The van der Waals surface area contributed by atoms with Crippen LogP contribution in [0.25, 0.3) is 0 Å². The lowest BCUT2D eigenvalue weighted by atomic mass is 10.2. The van der Waals surface area contributed by atoms with Crippen LogP contribution >= 0.6 is 11.5 Å². The molecule has 146 valence electrons. The Kier molecular flexibility index (Phi) is 5.87. The lowest BCUT2D eigenvalue weighted by molar-refractivity contribution is 0.0520. The molecule has 1 fully saturated rings. The van der Waals surface area contributed by atoms with Crippen LogP contribution in [0.3, 0.4) is 0 Å². The van der Waals surface area contributed by atoms with Crippen molar-refractivity contribution in [3.05, 3.63) is 23.6 Å². The van der Waals surface area contributed by atoms with Crippen molar-refractivity contribution < 1.29 is 27.2 Å². The Bertz CT molecular complexity index is 930. The summed E-state index contributed by atoms with van der Waals surface area (Å²) in [6.07, 6.45) is 2.58. The van der Waals surface area contributed by atoms with Gasteiger partial charge in [-0.2, -0.15) is 4.31 Å².